The fourth-order valence-electron chi connectivity index (χ4n) is 2.98. The number of esters is 1. The lowest BCUT2D eigenvalue weighted by Crippen LogP contribution is -2.40. The fourth-order valence-corrected chi connectivity index (χ4v) is 2.98. The number of benzene rings is 1. The summed E-state index contributed by atoms with van der Waals surface area (Å²) in [6.45, 7) is 5.54. The van der Waals surface area contributed by atoms with Crippen molar-refractivity contribution in [3.8, 4) is 0 Å². The van der Waals surface area contributed by atoms with E-state index in [0.717, 1.165) is 12.0 Å². The van der Waals surface area contributed by atoms with Crippen LogP contribution in [-0.4, -0.2) is 48.9 Å². The van der Waals surface area contributed by atoms with Crippen LogP contribution in [-0.2, 0) is 19.1 Å². The first-order valence-electron chi connectivity index (χ1n) is 9.91. The predicted molar refractivity (Wildman–Crippen MR) is 108 cm³/mol. The number of hydrogen-bond acceptors (Lipinski definition) is 4. The van der Waals surface area contributed by atoms with E-state index >= 15 is 0 Å². The molecule has 0 spiro atoms. The molecule has 0 aliphatic carbocycles. The first kappa shape index (κ1) is 21.7. The molecule has 1 N–H and O–H groups in total. The van der Waals surface area contributed by atoms with Gasteiger partial charge in [0.1, 0.15) is 0 Å². The molecule has 28 heavy (non-hydrogen) atoms. The molecule has 6 heteroatoms. The van der Waals surface area contributed by atoms with Crippen LogP contribution in [0.15, 0.2) is 36.4 Å². The highest BCUT2D eigenvalue weighted by Crippen LogP contribution is 2.19. The maximum absolute atomic E-state index is 12.3. The molecule has 6 nitrogen and oxygen atoms in total. The number of nitrogens with zero attached hydrogens (tertiary/aromatic N) is 1. The van der Waals surface area contributed by atoms with Gasteiger partial charge >= 0.3 is 5.97 Å². The van der Waals surface area contributed by atoms with Gasteiger partial charge < -0.3 is 15.0 Å². The number of carbonyl (C=O) groups is 3. The largest absolute Gasteiger partial charge is 0.455 e. The van der Waals surface area contributed by atoms with E-state index < -0.39 is 0 Å². The smallest absolute Gasteiger partial charge is 0.309 e. The Balaban J connectivity index is 1.68. The number of likely N-dealkylation sites (tertiary alicyclic amines) is 1. The van der Waals surface area contributed by atoms with Crippen LogP contribution in [0, 0.1) is 11.8 Å². The molecule has 1 aliphatic heterocycles. The Labute approximate surface area is 166 Å². The molecular weight excluding hydrogens is 356 g/mol. The number of nitrogens with one attached hydrogen (secondary N) is 1. The predicted octanol–water partition coefficient (Wildman–Crippen LogP) is 2.64. The van der Waals surface area contributed by atoms with Gasteiger partial charge in [-0.15, -0.1) is 0 Å². The van der Waals surface area contributed by atoms with Gasteiger partial charge in [0.2, 0.25) is 5.91 Å². The molecule has 0 aromatic heterocycles. The maximum Gasteiger partial charge on any atom is 0.309 e. The van der Waals surface area contributed by atoms with Gasteiger partial charge in [0, 0.05) is 25.7 Å². The van der Waals surface area contributed by atoms with Crippen LogP contribution in [0.4, 0.5) is 0 Å². The Morgan fingerprint density at radius 2 is 1.86 bits per heavy atom. The summed E-state index contributed by atoms with van der Waals surface area (Å²) in [4.78, 5) is 37.9. The Bertz CT molecular complexity index is 677. The number of rotatable bonds is 8. The molecule has 1 saturated heterocycles. The van der Waals surface area contributed by atoms with Crippen molar-refractivity contribution in [2.75, 3.05) is 26.2 Å². The van der Waals surface area contributed by atoms with E-state index in [4.69, 9.17) is 4.74 Å². The minimum Gasteiger partial charge on any atom is -0.455 e. The third-order valence-corrected chi connectivity index (χ3v) is 4.75. The summed E-state index contributed by atoms with van der Waals surface area (Å²) in [6.07, 6.45) is 5.36. The fraction of sp³-hybridized carbons (Fsp3) is 0.500. The van der Waals surface area contributed by atoms with Crippen LogP contribution < -0.4 is 5.32 Å². The van der Waals surface area contributed by atoms with Crippen molar-refractivity contribution in [1.82, 2.24) is 10.2 Å². The molecule has 2 rings (SSSR count). The zero-order valence-corrected chi connectivity index (χ0v) is 16.7. The van der Waals surface area contributed by atoms with Crippen molar-refractivity contribution in [2.45, 2.75) is 33.1 Å². The van der Waals surface area contributed by atoms with Crippen LogP contribution in [0.3, 0.4) is 0 Å². The van der Waals surface area contributed by atoms with Crippen molar-refractivity contribution in [3.05, 3.63) is 42.0 Å². The summed E-state index contributed by atoms with van der Waals surface area (Å²) in [5, 5.41) is 2.75. The summed E-state index contributed by atoms with van der Waals surface area (Å²) in [5.74, 6) is -0.428. The first-order chi connectivity index (χ1) is 13.5. The van der Waals surface area contributed by atoms with Gasteiger partial charge in [-0.3, -0.25) is 14.4 Å². The van der Waals surface area contributed by atoms with Gasteiger partial charge in [-0.05, 0) is 36.8 Å². The molecule has 1 aliphatic rings. The van der Waals surface area contributed by atoms with E-state index in [0.29, 0.717) is 38.4 Å². The van der Waals surface area contributed by atoms with E-state index in [9.17, 15) is 14.4 Å². The number of piperidine rings is 1. The first-order valence-corrected chi connectivity index (χ1v) is 9.91. The molecule has 1 aromatic carbocycles. The van der Waals surface area contributed by atoms with Gasteiger partial charge in [-0.2, -0.15) is 0 Å². The van der Waals surface area contributed by atoms with Crippen LogP contribution in [0.25, 0.3) is 6.08 Å². The minimum atomic E-state index is -0.356. The maximum atomic E-state index is 12.3. The second kappa shape index (κ2) is 11.3. The normalized spacial score (nSPS) is 15.0. The molecule has 0 bridgehead atoms. The zero-order valence-electron chi connectivity index (χ0n) is 16.7. The van der Waals surface area contributed by atoms with E-state index in [-0.39, 0.29) is 30.3 Å². The van der Waals surface area contributed by atoms with Gasteiger partial charge in [0.25, 0.3) is 5.91 Å². The second-order valence-electron chi connectivity index (χ2n) is 7.48. The molecule has 2 amide bonds. The Morgan fingerprint density at radius 1 is 1.18 bits per heavy atom. The number of carbonyl (C=O) groups excluding carboxylic acids is 3. The summed E-state index contributed by atoms with van der Waals surface area (Å²) >= 11 is 0. The molecule has 0 atom stereocenters. The van der Waals surface area contributed by atoms with Crippen molar-refractivity contribution in [3.63, 3.8) is 0 Å². The summed E-state index contributed by atoms with van der Waals surface area (Å²) < 4.78 is 5.13. The minimum absolute atomic E-state index is 0.0554. The third kappa shape index (κ3) is 7.55. The Hall–Kier alpha value is -2.63. The SMILES string of the molecule is CC(C)CCNC(=O)COC(=O)C1CCN(C(=O)/C=C/c2ccccc2)CC1. The summed E-state index contributed by atoms with van der Waals surface area (Å²) in [7, 11) is 0. The molecule has 0 radical (unpaired) electrons. The van der Waals surface area contributed by atoms with E-state index in [1.807, 2.05) is 30.3 Å². The van der Waals surface area contributed by atoms with Crippen LogP contribution in [0.2, 0.25) is 0 Å². The van der Waals surface area contributed by atoms with Gasteiger partial charge in [0.05, 0.1) is 5.92 Å². The number of amides is 2. The lowest BCUT2D eigenvalue weighted by Gasteiger charge is -2.30. The molecule has 0 unspecified atom stereocenters. The Kier molecular flexibility index (Phi) is 8.72. The second-order valence-corrected chi connectivity index (χ2v) is 7.48. The van der Waals surface area contributed by atoms with Gasteiger partial charge in [0.15, 0.2) is 6.61 Å². The van der Waals surface area contributed by atoms with Crippen molar-refractivity contribution < 1.29 is 19.1 Å². The highest BCUT2D eigenvalue weighted by Gasteiger charge is 2.28. The lowest BCUT2D eigenvalue weighted by atomic mass is 9.97. The molecule has 152 valence electrons. The van der Waals surface area contributed by atoms with Crippen molar-refractivity contribution in [1.29, 1.82) is 0 Å². The molecule has 1 aromatic rings. The van der Waals surface area contributed by atoms with Crippen LogP contribution >= 0.6 is 0 Å². The standard InChI is InChI=1S/C22H30N2O4/c1-17(2)10-13-23-20(25)16-28-22(27)19-11-14-24(15-12-19)21(26)9-8-18-6-4-3-5-7-18/h3-9,17,19H,10-16H2,1-2H3,(H,23,25)/b9-8+. The topological polar surface area (TPSA) is 75.7 Å². The molecular formula is C22H30N2O4. The summed E-state index contributed by atoms with van der Waals surface area (Å²) in [5.41, 5.74) is 0.973. The third-order valence-electron chi connectivity index (χ3n) is 4.75. The monoisotopic (exact) mass is 386 g/mol. The van der Waals surface area contributed by atoms with E-state index in [1.54, 1.807) is 17.1 Å². The average molecular weight is 386 g/mol. The molecule has 0 saturated carbocycles. The average Bonchev–Trinajstić information content (AvgIpc) is 2.71. The molecule has 1 fully saturated rings. The Morgan fingerprint density at radius 3 is 2.50 bits per heavy atom. The van der Waals surface area contributed by atoms with Crippen LogP contribution in [0.5, 0.6) is 0 Å². The quantitative estimate of drug-likeness (QED) is 0.550. The molecule has 1 heterocycles. The lowest BCUT2D eigenvalue weighted by molar-refractivity contribution is -0.154. The van der Waals surface area contributed by atoms with Crippen LogP contribution in [0.1, 0.15) is 38.7 Å². The highest BCUT2D eigenvalue weighted by molar-refractivity contribution is 5.92. The van der Waals surface area contributed by atoms with Crippen molar-refractivity contribution in [2.24, 2.45) is 11.8 Å². The van der Waals surface area contributed by atoms with Crippen molar-refractivity contribution >= 4 is 23.9 Å². The summed E-state index contributed by atoms with van der Waals surface area (Å²) in [6, 6.07) is 9.64. The zero-order chi connectivity index (χ0) is 20.4. The number of hydrogen-bond donors (Lipinski definition) is 1. The number of ether oxygens (including phenoxy) is 1. The van der Waals surface area contributed by atoms with Gasteiger partial charge in [-0.25, -0.2) is 0 Å². The van der Waals surface area contributed by atoms with Gasteiger partial charge in [-0.1, -0.05) is 44.2 Å². The van der Waals surface area contributed by atoms with E-state index in [2.05, 4.69) is 19.2 Å². The van der Waals surface area contributed by atoms with E-state index in [1.165, 1.54) is 0 Å². The highest BCUT2D eigenvalue weighted by atomic mass is 16.5.